The Bertz CT molecular complexity index is 164. The fraction of sp³-hybridized carbons (Fsp3) is 0.667. The minimum atomic E-state index is 0.193. The van der Waals surface area contributed by atoms with E-state index in [0.29, 0.717) is 5.92 Å². The molecule has 0 radical (unpaired) electrons. The third kappa shape index (κ3) is 1.39. The Hall–Kier alpha value is -0.770. The minimum Gasteiger partial charge on any atom is -0.198 e. The molecule has 10 heavy (non-hydrogen) atoms. The lowest BCUT2D eigenvalue weighted by Gasteiger charge is -2.20. The van der Waals surface area contributed by atoms with Crippen LogP contribution in [0.3, 0.4) is 0 Å². The second-order valence-electron chi connectivity index (χ2n) is 2.83. The summed E-state index contributed by atoms with van der Waals surface area (Å²) in [7, 11) is 0. The third-order valence-corrected chi connectivity index (χ3v) is 2.23. The summed E-state index contributed by atoms with van der Waals surface area (Å²) >= 11 is 0. The fourth-order valence-corrected chi connectivity index (χ4v) is 1.50. The smallest absolute Gasteiger partial charge is 0.0700 e. The first kappa shape index (κ1) is 7.34. The molecule has 0 aromatic carbocycles. The molecule has 1 heteroatoms. The monoisotopic (exact) mass is 135 g/mol. The predicted octanol–water partition coefficient (Wildman–Crippen LogP) is 2.50. The molecule has 0 bridgehead atoms. The molecule has 1 nitrogen and oxygen atoms in total. The average molecular weight is 135 g/mol. The molecular formula is C9H13N. The molecule has 0 saturated heterocycles. The highest BCUT2D eigenvalue weighted by Gasteiger charge is 2.18. The highest BCUT2D eigenvalue weighted by molar-refractivity contribution is 5.06. The first-order valence-electron chi connectivity index (χ1n) is 3.94. The molecule has 0 aromatic heterocycles. The van der Waals surface area contributed by atoms with Crippen LogP contribution in [0.4, 0.5) is 0 Å². The van der Waals surface area contributed by atoms with Gasteiger partial charge in [0.1, 0.15) is 0 Å². The van der Waals surface area contributed by atoms with Crippen molar-refractivity contribution in [2.45, 2.75) is 26.2 Å². The Kier molecular flexibility index (Phi) is 2.50. The Morgan fingerprint density at radius 1 is 1.70 bits per heavy atom. The van der Waals surface area contributed by atoms with Gasteiger partial charge in [0.2, 0.25) is 0 Å². The van der Waals surface area contributed by atoms with Crippen LogP contribution in [0.5, 0.6) is 0 Å². The topological polar surface area (TPSA) is 23.8 Å². The zero-order chi connectivity index (χ0) is 7.40. The van der Waals surface area contributed by atoms with Crippen LogP contribution in [0.15, 0.2) is 12.2 Å². The molecule has 0 amide bonds. The summed E-state index contributed by atoms with van der Waals surface area (Å²) in [6, 6.07) is 2.32. The lowest BCUT2D eigenvalue weighted by molar-refractivity contribution is 0.402. The van der Waals surface area contributed by atoms with Crippen molar-refractivity contribution in [2.75, 3.05) is 0 Å². The Balaban J connectivity index is 2.58. The molecule has 0 aromatic rings. The summed E-state index contributed by atoms with van der Waals surface area (Å²) in [4.78, 5) is 0. The fourth-order valence-electron chi connectivity index (χ4n) is 1.50. The van der Waals surface area contributed by atoms with Gasteiger partial charge in [-0.15, -0.1) is 0 Å². The highest BCUT2D eigenvalue weighted by Crippen LogP contribution is 2.26. The molecule has 54 valence electrons. The SMILES string of the molecule is CCC1CCC=CC1C#N. The summed E-state index contributed by atoms with van der Waals surface area (Å²) in [5.41, 5.74) is 0. The largest absolute Gasteiger partial charge is 0.198 e. The minimum absolute atomic E-state index is 0.193. The molecule has 1 rings (SSSR count). The number of rotatable bonds is 1. The molecule has 2 atom stereocenters. The van der Waals surface area contributed by atoms with Crippen molar-refractivity contribution in [1.29, 1.82) is 5.26 Å². The van der Waals surface area contributed by atoms with Crippen molar-refractivity contribution in [3.05, 3.63) is 12.2 Å². The number of nitriles is 1. The molecular weight excluding hydrogens is 122 g/mol. The number of nitrogens with zero attached hydrogens (tertiary/aromatic N) is 1. The van der Waals surface area contributed by atoms with Crippen LogP contribution in [-0.4, -0.2) is 0 Å². The van der Waals surface area contributed by atoms with Crippen molar-refractivity contribution >= 4 is 0 Å². The molecule has 0 fully saturated rings. The van der Waals surface area contributed by atoms with E-state index in [1.54, 1.807) is 0 Å². The summed E-state index contributed by atoms with van der Waals surface area (Å²) in [5.74, 6) is 0.814. The maximum absolute atomic E-state index is 8.69. The lowest BCUT2D eigenvalue weighted by atomic mass is 9.83. The van der Waals surface area contributed by atoms with E-state index in [4.69, 9.17) is 5.26 Å². The van der Waals surface area contributed by atoms with Gasteiger partial charge in [0.15, 0.2) is 0 Å². The maximum Gasteiger partial charge on any atom is 0.0700 e. The van der Waals surface area contributed by atoms with Gasteiger partial charge < -0.3 is 0 Å². The van der Waals surface area contributed by atoms with Crippen molar-refractivity contribution in [3.8, 4) is 6.07 Å². The van der Waals surface area contributed by atoms with E-state index in [9.17, 15) is 0 Å². The van der Waals surface area contributed by atoms with Gasteiger partial charge in [-0.3, -0.25) is 0 Å². The maximum atomic E-state index is 8.69. The van der Waals surface area contributed by atoms with Crippen LogP contribution in [0.1, 0.15) is 26.2 Å². The van der Waals surface area contributed by atoms with Gasteiger partial charge in [-0.05, 0) is 18.8 Å². The van der Waals surface area contributed by atoms with E-state index >= 15 is 0 Å². The van der Waals surface area contributed by atoms with E-state index in [1.807, 2.05) is 0 Å². The Morgan fingerprint density at radius 3 is 3.00 bits per heavy atom. The highest BCUT2D eigenvalue weighted by atomic mass is 14.3. The molecule has 1 aliphatic rings. The van der Waals surface area contributed by atoms with Crippen molar-refractivity contribution in [3.63, 3.8) is 0 Å². The quantitative estimate of drug-likeness (QED) is 0.507. The second kappa shape index (κ2) is 3.41. The second-order valence-corrected chi connectivity index (χ2v) is 2.83. The van der Waals surface area contributed by atoms with Crippen LogP contribution in [-0.2, 0) is 0 Å². The number of allylic oxidation sites excluding steroid dienone is 2. The average Bonchev–Trinajstić information content (AvgIpc) is 2.04. The van der Waals surface area contributed by atoms with E-state index in [0.717, 1.165) is 12.8 Å². The summed E-state index contributed by atoms with van der Waals surface area (Å²) < 4.78 is 0. The van der Waals surface area contributed by atoms with E-state index in [2.05, 4.69) is 25.1 Å². The molecule has 1 aliphatic carbocycles. The van der Waals surface area contributed by atoms with Gasteiger partial charge in [-0.25, -0.2) is 0 Å². The van der Waals surface area contributed by atoms with Crippen molar-refractivity contribution < 1.29 is 0 Å². The standard InChI is InChI=1S/C9H13N/c1-2-8-5-3-4-6-9(8)7-10/h4,6,8-9H,2-3,5H2,1H3. The normalized spacial score (nSPS) is 31.6. The van der Waals surface area contributed by atoms with Crippen LogP contribution in [0, 0.1) is 23.2 Å². The summed E-state index contributed by atoms with van der Waals surface area (Å²) in [6.07, 6.45) is 7.68. The number of hydrogen-bond donors (Lipinski definition) is 0. The van der Waals surface area contributed by atoms with Gasteiger partial charge in [0.25, 0.3) is 0 Å². The van der Waals surface area contributed by atoms with Crippen LogP contribution >= 0.6 is 0 Å². The van der Waals surface area contributed by atoms with E-state index < -0.39 is 0 Å². The molecule has 0 N–H and O–H groups in total. The van der Waals surface area contributed by atoms with Crippen molar-refractivity contribution in [2.24, 2.45) is 11.8 Å². The zero-order valence-electron chi connectivity index (χ0n) is 6.38. The van der Waals surface area contributed by atoms with Crippen LogP contribution in [0.25, 0.3) is 0 Å². The third-order valence-electron chi connectivity index (χ3n) is 2.23. The van der Waals surface area contributed by atoms with Gasteiger partial charge in [-0.2, -0.15) is 5.26 Å². The van der Waals surface area contributed by atoms with Crippen LogP contribution < -0.4 is 0 Å². The molecule has 0 spiro atoms. The van der Waals surface area contributed by atoms with Crippen molar-refractivity contribution in [1.82, 2.24) is 0 Å². The molecule has 0 saturated carbocycles. The summed E-state index contributed by atoms with van der Waals surface area (Å²) in [5, 5.41) is 8.69. The first-order valence-corrected chi connectivity index (χ1v) is 3.94. The summed E-state index contributed by atoms with van der Waals surface area (Å²) in [6.45, 7) is 2.16. The predicted molar refractivity (Wildman–Crippen MR) is 41.3 cm³/mol. The van der Waals surface area contributed by atoms with Crippen LogP contribution in [0.2, 0.25) is 0 Å². The lowest BCUT2D eigenvalue weighted by Crippen LogP contribution is -2.12. The molecule has 0 heterocycles. The van der Waals surface area contributed by atoms with Gasteiger partial charge in [-0.1, -0.05) is 25.5 Å². The van der Waals surface area contributed by atoms with E-state index in [-0.39, 0.29) is 5.92 Å². The van der Waals surface area contributed by atoms with Gasteiger partial charge >= 0.3 is 0 Å². The Morgan fingerprint density at radius 2 is 2.50 bits per heavy atom. The van der Waals surface area contributed by atoms with Gasteiger partial charge in [0, 0.05) is 0 Å². The van der Waals surface area contributed by atoms with Gasteiger partial charge in [0.05, 0.1) is 12.0 Å². The molecule has 2 unspecified atom stereocenters. The number of hydrogen-bond acceptors (Lipinski definition) is 1. The first-order chi connectivity index (χ1) is 4.88. The Labute approximate surface area is 62.4 Å². The molecule has 0 aliphatic heterocycles. The zero-order valence-corrected chi connectivity index (χ0v) is 6.38. The van der Waals surface area contributed by atoms with E-state index in [1.165, 1.54) is 6.42 Å².